The van der Waals surface area contributed by atoms with E-state index in [9.17, 15) is 18.8 Å². The fraction of sp³-hybridized carbons (Fsp3) is 0.0909. The summed E-state index contributed by atoms with van der Waals surface area (Å²) in [6.07, 6.45) is 0. The van der Waals surface area contributed by atoms with Crippen molar-refractivity contribution in [3.05, 3.63) is 88.3 Å². The Morgan fingerprint density at radius 3 is 2.35 bits per heavy atom. The van der Waals surface area contributed by atoms with Crippen molar-refractivity contribution in [2.24, 2.45) is 0 Å². The van der Waals surface area contributed by atoms with Crippen molar-refractivity contribution in [3.8, 4) is 11.3 Å². The number of benzene rings is 2. The first kappa shape index (κ1) is 20.0. The molecular weight excluding hydrogens is 403 g/mol. The van der Waals surface area contributed by atoms with Crippen LogP contribution in [-0.4, -0.2) is 21.6 Å². The van der Waals surface area contributed by atoms with Crippen molar-refractivity contribution in [3.63, 3.8) is 0 Å². The molecule has 8 nitrogen and oxygen atoms in total. The lowest BCUT2D eigenvalue weighted by Gasteiger charge is -2.10. The highest BCUT2D eigenvalue weighted by molar-refractivity contribution is 6.05. The molecule has 4 rings (SSSR count). The second-order valence-corrected chi connectivity index (χ2v) is 6.59. The summed E-state index contributed by atoms with van der Waals surface area (Å²) in [5.74, 6) is -1.42. The molecular formula is C22H17FN4O4. The lowest BCUT2D eigenvalue weighted by molar-refractivity contribution is 0.0828. The molecule has 0 unspecified atom stereocenters. The highest BCUT2D eigenvalue weighted by atomic mass is 19.1. The first-order valence-corrected chi connectivity index (χ1v) is 9.44. The quantitative estimate of drug-likeness (QED) is 0.494. The number of hydrogen-bond donors (Lipinski definition) is 2. The largest absolute Gasteiger partial charge is 0.451 e. The van der Waals surface area contributed by atoms with E-state index in [1.807, 2.05) is 0 Å². The number of furan rings is 1. The number of nitrogens with zero attached hydrogens (tertiary/aromatic N) is 2. The van der Waals surface area contributed by atoms with Crippen LogP contribution in [0.25, 0.3) is 22.1 Å². The fourth-order valence-corrected chi connectivity index (χ4v) is 3.08. The predicted molar refractivity (Wildman–Crippen MR) is 111 cm³/mol. The van der Waals surface area contributed by atoms with Crippen molar-refractivity contribution in [1.82, 2.24) is 20.6 Å². The van der Waals surface area contributed by atoms with Gasteiger partial charge in [-0.25, -0.2) is 9.07 Å². The first-order chi connectivity index (χ1) is 15.0. The number of hydrazine groups is 1. The van der Waals surface area contributed by atoms with Gasteiger partial charge in [0.25, 0.3) is 11.5 Å². The number of rotatable bonds is 4. The molecule has 2 aromatic carbocycles. The number of aryl methyl sites for hydroxylation is 1. The van der Waals surface area contributed by atoms with Crippen LogP contribution in [-0.2, 0) is 6.54 Å². The minimum Gasteiger partial charge on any atom is -0.451 e. The van der Waals surface area contributed by atoms with Crippen LogP contribution in [0.1, 0.15) is 28.0 Å². The van der Waals surface area contributed by atoms with Gasteiger partial charge < -0.3 is 4.42 Å². The molecule has 2 amide bonds. The van der Waals surface area contributed by atoms with E-state index in [4.69, 9.17) is 4.42 Å². The number of amides is 2. The van der Waals surface area contributed by atoms with Crippen LogP contribution < -0.4 is 16.4 Å². The highest BCUT2D eigenvalue weighted by Crippen LogP contribution is 2.22. The molecule has 0 aliphatic rings. The van der Waals surface area contributed by atoms with Gasteiger partial charge in [-0.15, -0.1) is 0 Å². The molecule has 156 valence electrons. The summed E-state index contributed by atoms with van der Waals surface area (Å²) in [6.45, 7) is 2.02. The van der Waals surface area contributed by atoms with Crippen LogP contribution in [0.4, 0.5) is 4.39 Å². The van der Waals surface area contributed by atoms with Gasteiger partial charge in [-0.3, -0.25) is 25.2 Å². The van der Waals surface area contributed by atoms with Gasteiger partial charge in [-0.1, -0.05) is 18.2 Å². The van der Waals surface area contributed by atoms with E-state index in [-0.39, 0.29) is 29.4 Å². The zero-order valence-electron chi connectivity index (χ0n) is 16.4. The zero-order chi connectivity index (χ0) is 22.0. The average Bonchev–Trinajstić information content (AvgIpc) is 3.28. The number of carbonyl (C=O) groups is 2. The summed E-state index contributed by atoms with van der Waals surface area (Å²) in [7, 11) is 0. The average molecular weight is 420 g/mol. The molecule has 0 fully saturated rings. The Bertz CT molecular complexity index is 1340. The molecule has 0 spiro atoms. The van der Waals surface area contributed by atoms with Crippen molar-refractivity contribution in [2.45, 2.75) is 13.5 Å². The number of carbonyl (C=O) groups excluding carboxylic acids is 2. The molecule has 2 N–H and O–H groups in total. The summed E-state index contributed by atoms with van der Waals surface area (Å²) in [6, 6.07) is 15.2. The Hall–Kier alpha value is -4.27. The van der Waals surface area contributed by atoms with E-state index in [1.54, 1.807) is 37.3 Å². The van der Waals surface area contributed by atoms with Gasteiger partial charge in [0.05, 0.1) is 5.39 Å². The van der Waals surface area contributed by atoms with Crippen LogP contribution in [0.2, 0.25) is 0 Å². The summed E-state index contributed by atoms with van der Waals surface area (Å²) < 4.78 is 19.7. The lowest BCUT2D eigenvalue weighted by Crippen LogP contribution is -2.42. The minimum atomic E-state index is -0.685. The maximum Gasteiger partial charge on any atom is 0.305 e. The monoisotopic (exact) mass is 420 g/mol. The van der Waals surface area contributed by atoms with Gasteiger partial charge in [-0.05, 0) is 49.4 Å². The Kier molecular flexibility index (Phi) is 5.31. The second kappa shape index (κ2) is 8.23. The van der Waals surface area contributed by atoms with Gasteiger partial charge in [0.15, 0.2) is 11.5 Å². The van der Waals surface area contributed by atoms with Gasteiger partial charge in [0.2, 0.25) is 0 Å². The van der Waals surface area contributed by atoms with Crippen molar-refractivity contribution < 1.29 is 18.4 Å². The number of halogens is 1. The van der Waals surface area contributed by atoms with E-state index in [2.05, 4.69) is 16.0 Å². The molecule has 4 aromatic rings. The molecule has 0 bridgehead atoms. The van der Waals surface area contributed by atoms with E-state index in [0.29, 0.717) is 22.1 Å². The minimum absolute atomic E-state index is 0.00351. The molecule has 0 saturated heterocycles. The van der Waals surface area contributed by atoms with E-state index < -0.39 is 11.8 Å². The number of fused-ring (bicyclic) bond motifs is 1. The van der Waals surface area contributed by atoms with E-state index in [0.717, 1.165) is 0 Å². The highest BCUT2D eigenvalue weighted by Gasteiger charge is 2.18. The first-order valence-electron chi connectivity index (χ1n) is 9.44. The zero-order valence-corrected chi connectivity index (χ0v) is 16.4. The third-order valence-corrected chi connectivity index (χ3v) is 4.63. The van der Waals surface area contributed by atoms with Crippen molar-refractivity contribution >= 4 is 22.6 Å². The fourth-order valence-electron chi connectivity index (χ4n) is 3.08. The lowest BCUT2D eigenvalue weighted by atomic mass is 10.1. The predicted octanol–water partition coefficient (Wildman–Crippen LogP) is 2.89. The molecule has 9 heteroatoms. The third kappa shape index (κ3) is 3.93. The Morgan fingerprint density at radius 1 is 0.968 bits per heavy atom. The molecule has 0 aliphatic heterocycles. The van der Waals surface area contributed by atoms with Crippen LogP contribution in [0, 0.1) is 5.82 Å². The molecule has 0 saturated carbocycles. The summed E-state index contributed by atoms with van der Waals surface area (Å²) in [5.41, 5.74) is 4.86. The summed E-state index contributed by atoms with van der Waals surface area (Å²) in [4.78, 5) is 37.4. The van der Waals surface area contributed by atoms with Crippen LogP contribution in [0.5, 0.6) is 0 Å². The molecule has 0 radical (unpaired) electrons. The van der Waals surface area contributed by atoms with E-state index >= 15 is 0 Å². The molecule has 0 aliphatic carbocycles. The molecule has 2 aromatic heterocycles. The number of nitrogens with one attached hydrogen (secondary N) is 2. The summed E-state index contributed by atoms with van der Waals surface area (Å²) in [5, 5.41) is 4.84. The number of aromatic nitrogens is 2. The van der Waals surface area contributed by atoms with Crippen LogP contribution in [0.3, 0.4) is 0 Å². The molecule has 31 heavy (non-hydrogen) atoms. The third-order valence-electron chi connectivity index (χ3n) is 4.63. The van der Waals surface area contributed by atoms with Gasteiger partial charge >= 0.3 is 5.91 Å². The maximum absolute atomic E-state index is 13.1. The van der Waals surface area contributed by atoms with Crippen molar-refractivity contribution in [2.75, 3.05) is 0 Å². The van der Waals surface area contributed by atoms with E-state index in [1.165, 1.54) is 35.0 Å². The second-order valence-electron chi connectivity index (χ2n) is 6.59. The van der Waals surface area contributed by atoms with Gasteiger partial charge in [0.1, 0.15) is 11.6 Å². The number of hydrogen-bond acceptors (Lipinski definition) is 5. The van der Waals surface area contributed by atoms with Gasteiger partial charge in [-0.2, -0.15) is 5.10 Å². The molecule has 0 atom stereocenters. The SMILES string of the molecule is CCn1nc(C(=O)NNC(=O)c2ccc(-c3ccc(F)cc3)o2)c2ccccc2c1=O. The summed E-state index contributed by atoms with van der Waals surface area (Å²) >= 11 is 0. The van der Waals surface area contributed by atoms with Crippen LogP contribution >= 0.6 is 0 Å². The van der Waals surface area contributed by atoms with Crippen molar-refractivity contribution in [1.29, 1.82) is 0 Å². The topological polar surface area (TPSA) is 106 Å². The Morgan fingerprint density at radius 2 is 1.65 bits per heavy atom. The maximum atomic E-state index is 13.1. The normalized spacial score (nSPS) is 10.8. The molecule has 2 heterocycles. The van der Waals surface area contributed by atoms with Gasteiger partial charge in [0, 0.05) is 17.5 Å². The van der Waals surface area contributed by atoms with Crippen LogP contribution in [0.15, 0.2) is 69.9 Å². The smallest absolute Gasteiger partial charge is 0.305 e. The standard InChI is InChI=1S/C22H17FN4O4/c1-2-27-22(30)16-6-4-3-5-15(16)19(26-27)21(29)25-24-20(28)18-12-11-17(31-18)13-7-9-14(23)10-8-13/h3-12H,2H2,1H3,(H,24,28)(H,25,29). The Labute approximate surface area is 175 Å². The Balaban J connectivity index is 1.52.